The summed E-state index contributed by atoms with van der Waals surface area (Å²) in [6.07, 6.45) is 0. The van der Waals surface area contributed by atoms with E-state index < -0.39 is 12.0 Å². The zero-order valence-electron chi connectivity index (χ0n) is 16.0. The third-order valence-electron chi connectivity index (χ3n) is 3.97. The first kappa shape index (κ1) is 20.2. The molecular formula is C20H19N3O5S. The third-order valence-corrected chi connectivity index (χ3v) is 4.73. The van der Waals surface area contributed by atoms with Gasteiger partial charge in [0.05, 0.1) is 32.6 Å². The lowest BCUT2D eigenvalue weighted by Gasteiger charge is -2.10. The lowest BCUT2D eigenvalue weighted by molar-refractivity contribution is 0.0600. The molecule has 0 fully saturated rings. The minimum atomic E-state index is -0.431. The molecule has 1 aromatic heterocycles. The smallest absolute Gasteiger partial charge is 0.337 e. The summed E-state index contributed by atoms with van der Waals surface area (Å²) >= 11 is 1.29. The Morgan fingerprint density at radius 3 is 2.31 bits per heavy atom. The fourth-order valence-electron chi connectivity index (χ4n) is 2.53. The van der Waals surface area contributed by atoms with Crippen LogP contribution in [0.5, 0.6) is 11.5 Å². The van der Waals surface area contributed by atoms with E-state index in [9.17, 15) is 9.59 Å². The van der Waals surface area contributed by atoms with E-state index in [-0.39, 0.29) is 0 Å². The van der Waals surface area contributed by atoms with Crippen molar-refractivity contribution in [1.29, 1.82) is 0 Å². The minimum Gasteiger partial charge on any atom is -0.493 e. The first-order valence-corrected chi connectivity index (χ1v) is 9.36. The molecule has 150 valence electrons. The maximum absolute atomic E-state index is 12.3. The molecule has 0 atom stereocenters. The number of ether oxygens (including phenoxy) is 3. The van der Waals surface area contributed by atoms with E-state index in [0.717, 1.165) is 5.56 Å². The normalized spacial score (nSPS) is 10.2. The molecule has 1 heterocycles. The van der Waals surface area contributed by atoms with Gasteiger partial charge in [0.25, 0.3) is 0 Å². The highest BCUT2D eigenvalue weighted by Crippen LogP contribution is 2.30. The average Bonchev–Trinajstić information content (AvgIpc) is 3.21. The fraction of sp³-hybridized carbons (Fsp3) is 0.150. The molecule has 8 nitrogen and oxygen atoms in total. The molecule has 0 radical (unpaired) electrons. The number of nitrogens with one attached hydrogen (secondary N) is 2. The number of nitrogens with zero attached hydrogens (tertiary/aromatic N) is 1. The third kappa shape index (κ3) is 4.82. The molecule has 3 aromatic rings. The number of methoxy groups -OCH3 is 3. The Kier molecular flexibility index (Phi) is 6.30. The van der Waals surface area contributed by atoms with Crippen LogP contribution in [-0.4, -0.2) is 38.3 Å². The van der Waals surface area contributed by atoms with Crippen molar-refractivity contribution >= 4 is 34.2 Å². The van der Waals surface area contributed by atoms with Crippen molar-refractivity contribution < 1.29 is 23.8 Å². The van der Waals surface area contributed by atoms with E-state index in [0.29, 0.717) is 33.6 Å². The largest absolute Gasteiger partial charge is 0.493 e. The molecule has 0 aliphatic heterocycles. The summed E-state index contributed by atoms with van der Waals surface area (Å²) in [6, 6.07) is 11.5. The molecule has 0 saturated heterocycles. The summed E-state index contributed by atoms with van der Waals surface area (Å²) in [6.45, 7) is 0. The number of urea groups is 1. The molecule has 2 aromatic carbocycles. The number of carbonyl (C=O) groups is 2. The first-order valence-electron chi connectivity index (χ1n) is 8.48. The van der Waals surface area contributed by atoms with Gasteiger partial charge in [-0.15, -0.1) is 11.3 Å². The molecule has 9 heteroatoms. The number of amides is 2. The van der Waals surface area contributed by atoms with Crippen LogP contribution in [0, 0.1) is 0 Å². The number of aromatic nitrogens is 1. The highest BCUT2D eigenvalue weighted by atomic mass is 32.1. The summed E-state index contributed by atoms with van der Waals surface area (Å²) in [5.41, 5.74) is 2.52. The lowest BCUT2D eigenvalue weighted by Crippen LogP contribution is -2.19. The van der Waals surface area contributed by atoms with E-state index >= 15 is 0 Å². The van der Waals surface area contributed by atoms with Gasteiger partial charge in [0.15, 0.2) is 16.6 Å². The summed E-state index contributed by atoms with van der Waals surface area (Å²) in [7, 11) is 4.40. The average molecular weight is 413 g/mol. The molecule has 3 rings (SSSR count). The van der Waals surface area contributed by atoms with E-state index in [1.54, 1.807) is 49.6 Å². The van der Waals surface area contributed by atoms with Gasteiger partial charge in [-0.1, -0.05) is 12.1 Å². The number of hydrogen-bond donors (Lipinski definition) is 2. The van der Waals surface area contributed by atoms with E-state index in [4.69, 9.17) is 9.47 Å². The van der Waals surface area contributed by atoms with Crippen molar-refractivity contribution in [2.24, 2.45) is 0 Å². The molecule has 0 saturated carbocycles. The Labute approximate surface area is 171 Å². The predicted molar refractivity (Wildman–Crippen MR) is 111 cm³/mol. The van der Waals surface area contributed by atoms with Gasteiger partial charge in [-0.2, -0.15) is 0 Å². The molecule has 29 heavy (non-hydrogen) atoms. The number of anilines is 2. The number of hydrogen-bond acceptors (Lipinski definition) is 7. The second-order valence-electron chi connectivity index (χ2n) is 5.76. The summed E-state index contributed by atoms with van der Waals surface area (Å²) in [4.78, 5) is 28.2. The van der Waals surface area contributed by atoms with Crippen LogP contribution in [0.25, 0.3) is 11.3 Å². The van der Waals surface area contributed by atoms with Crippen LogP contribution in [0.4, 0.5) is 15.6 Å². The fourth-order valence-corrected chi connectivity index (χ4v) is 3.25. The Morgan fingerprint density at radius 2 is 1.66 bits per heavy atom. The molecule has 0 aliphatic carbocycles. The van der Waals surface area contributed by atoms with Crippen molar-refractivity contribution in [3.05, 3.63) is 53.4 Å². The molecule has 2 N–H and O–H groups in total. The number of carbonyl (C=O) groups excluding carboxylic acids is 2. The standard InChI is InChI=1S/C20H19N3O5S/c1-26-16-9-8-14(10-17(16)27-2)21-19(25)23-20-22-15(11-29-20)12-4-6-13(7-5-12)18(24)28-3/h4-11H,1-3H3,(H2,21,22,23,25). The minimum absolute atomic E-state index is 0.399. The Bertz CT molecular complexity index is 1020. The zero-order chi connectivity index (χ0) is 20.8. The summed E-state index contributed by atoms with van der Waals surface area (Å²) in [5.74, 6) is 0.683. The van der Waals surface area contributed by atoms with Gasteiger partial charge in [0.1, 0.15) is 0 Å². The van der Waals surface area contributed by atoms with E-state index in [1.807, 2.05) is 5.38 Å². The Balaban J connectivity index is 1.65. The zero-order valence-corrected chi connectivity index (χ0v) is 16.8. The lowest BCUT2D eigenvalue weighted by atomic mass is 10.1. The molecule has 0 bridgehead atoms. The van der Waals surface area contributed by atoms with Gasteiger partial charge in [-0.05, 0) is 24.3 Å². The van der Waals surface area contributed by atoms with Gasteiger partial charge in [0.2, 0.25) is 0 Å². The van der Waals surface area contributed by atoms with Crippen molar-refractivity contribution in [3.8, 4) is 22.8 Å². The van der Waals surface area contributed by atoms with Gasteiger partial charge in [0, 0.05) is 22.7 Å². The van der Waals surface area contributed by atoms with Crippen LogP contribution in [0.1, 0.15) is 10.4 Å². The van der Waals surface area contributed by atoms with Crippen molar-refractivity contribution in [1.82, 2.24) is 4.98 Å². The number of rotatable bonds is 6. The first-order chi connectivity index (χ1) is 14.0. The SMILES string of the molecule is COC(=O)c1ccc(-c2csc(NC(=O)Nc3ccc(OC)c(OC)c3)n2)cc1. The van der Waals surface area contributed by atoms with Crippen LogP contribution in [0.3, 0.4) is 0 Å². The van der Waals surface area contributed by atoms with Crippen LogP contribution >= 0.6 is 11.3 Å². The molecule has 0 spiro atoms. The van der Waals surface area contributed by atoms with Crippen LogP contribution in [0.15, 0.2) is 47.8 Å². The van der Waals surface area contributed by atoms with E-state index in [1.165, 1.54) is 25.6 Å². The maximum atomic E-state index is 12.3. The second-order valence-corrected chi connectivity index (χ2v) is 6.61. The molecular weight excluding hydrogens is 394 g/mol. The molecule has 2 amide bonds. The Hall–Kier alpha value is -3.59. The Morgan fingerprint density at radius 1 is 0.931 bits per heavy atom. The van der Waals surface area contributed by atoms with Crippen LogP contribution in [-0.2, 0) is 4.74 Å². The number of thiazole rings is 1. The topological polar surface area (TPSA) is 98.8 Å². The van der Waals surface area contributed by atoms with Crippen molar-refractivity contribution in [2.45, 2.75) is 0 Å². The quantitative estimate of drug-likeness (QED) is 0.586. The number of benzene rings is 2. The summed E-state index contributed by atoms with van der Waals surface area (Å²) < 4.78 is 15.1. The predicted octanol–water partition coefficient (Wildman–Crippen LogP) is 4.26. The van der Waals surface area contributed by atoms with Crippen molar-refractivity contribution in [2.75, 3.05) is 32.0 Å². The van der Waals surface area contributed by atoms with Crippen LogP contribution in [0.2, 0.25) is 0 Å². The maximum Gasteiger partial charge on any atom is 0.337 e. The molecule has 0 unspecified atom stereocenters. The summed E-state index contributed by atoms with van der Waals surface area (Å²) in [5, 5.41) is 7.68. The van der Waals surface area contributed by atoms with Crippen LogP contribution < -0.4 is 20.1 Å². The van der Waals surface area contributed by atoms with Gasteiger partial charge in [-0.3, -0.25) is 5.32 Å². The highest BCUT2D eigenvalue weighted by molar-refractivity contribution is 7.14. The van der Waals surface area contributed by atoms with Gasteiger partial charge < -0.3 is 19.5 Å². The molecule has 0 aliphatic rings. The van der Waals surface area contributed by atoms with Gasteiger partial charge >= 0.3 is 12.0 Å². The van der Waals surface area contributed by atoms with E-state index in [2.05, 4.69) is 20.4 Å². The van der Waals surface area contributed by atoms with Gasteiger partial charge in [-0.25, -0.2) is 14.6 Å². The monoisotopic (exact) mass is 413 g/mol. The number of esters is 1. The van der Waals surface area contributed by atoms with Crippen molar-refractivity contribution in [3.63, 3.8) is 0 Å². The highest BCUT2D eigenvalue weighted by Gasteiger charge is 2.11. The second kappa shape index (κ2) is 9.07.